The first-order valence-electron chi connectivity index (χ1n) is 10.5. The molecule has 0 bridgehead atoms. The molecule has 0 aliphatic heterocycles. The highest BCUT2D eigenvalue weighted by Crippen LogP contribution is 2.25. The molecule has 0 heterocycles. The summed E-state index contributed by atoms with van der Waals surface area (Å²) in [6.45, 7) is 6.15. The number of benzene rings is 3. The molecular formula is C25H28N2O4S. The molecule has 0 unspecified atom stereocenters. The van der Waals surface area contributed by atoms with Gasteiger partial charge in [-0.1, -0.05) is 44.2 Å². The van der Waals surface area contributed by atoms with E-state index in [1.54, 1.807) is 61.5 Å². The highest BCUT2D eigenvalue weighted by atomic mass is 32.2. The van der Waals surface area contributed by atoms with Gasteiger partial charge < -0.3 is 10.1 Å². The predicted octanol–water partition coefficient (Wildman–Crippen LogP) is 5.04. The number of anilines is 2. The van der Waals surface area contributed by atoms with Gasteiger partial charge >= 0.3 is 0 Å². The summed E-state index contributed by atoms with van der Waals surface area (Å²) < 4.78 is 32.8. The van der Waals surface area contributed by atoms with Crippen LogP contribution in [0.25, 0.3) is 0 Å². The van der Waals surface area contributed by atoms with Crippen molar-refractivity contribution in [1.29, 1.82) is 0 Å². The van der Waals surface area contributed by atoms with E-state index in [1.165, 1.54) is 9.87 Å². The minimum absolute atomic E-state index is 0.148. The van der Waals surface area contributed by atoms with Gasteiger partial charge in [0, 0.05) is 12.2 Å². The van der Waals surface area contributed by atoms with E-state index >= 15 is 0 Å². The zero-order valence-corrected chi connectivity index (χ0v) is 19.3. The van der Waals surface area contributed by atoms with E-state index in [2.05, 4.69) is 19.2 Å². The summed E-state index contributed by atoms with van der Waals surface area (Å²) in [5, 5.41) is 2.80. The Morgan fingerprint density at radius 2 is 1.56 bits per heavy atom. The molecule has 0 atom stereocenters. The second kappa shape index (κ2) is 10.3. The van der Waals surface area contributed by atoms with Crippen molar-refractivity contribution < 1.29 is 17.9 Å². The lowest BCUT2D eigenvalue weighted by Gasteiger charge is -2.23. The Morgan fingerprint density at radius 1 is 0.938 bits per heavy atom. The molecular weight excluding hydrogens is 424 g/mol. The van der Waals surface area contributed by atoms with Gasteiger partial charge in [-0.15, -0.1) is 0 Å². The van der Waals surface area contributed by atoms with Gasteiger partial charge in [-0.05, 0) is 66.9 Å². The van der Waals surface area contributed by atoms with E-state index in [9.17, 15) is 13.2 Å². The molecule has 1 amide bonds. The summed E-state index contributed by atoms with van der Waals surface area (Å²) >= 11 is 0. The fraction of sp³-hybridized carbons (Fsp3) is 0.240. The maximum atomic E-state index is 12.9. The topological polar surface area (TPSA) is 75.7 Å². The van der Waals surface area contributed by atoms with Crippen molar-refractivity contribution in [2.45, 2.75) is 31.6 Å². The first-order chi connectivity index (χ1) is 15.3. The van der Waals surface area contributed by atoms with Crippen LogP contribution in [0.1, 0.15) is 32.3 Å². The Morgan fingerprint density at radius 3 is 2.12 bits per heavy atom. The first-order valence-corrected chi connectivity index (χ1v) is 12.0. The molecule has 0 saturated carbocycles. The summed E-state index contributed by atoms with van der Waals surface area (Å²) in [5.41, 5.74) is 2.44. The third kappa shape index (κ3) is 5.68. The Kier molecular flexibility index (Phi) is 7.53. The fourth-order valence-corrected chi connectivity index (χ4v) is 4.71. The van der Waals surface area contributed by atoms with E-state index in [0.29, 0.717) is 23.0 Å². The third-order valence-corrected chi connectivity index (χ3v) is 6.89. The van der Waals surface area contributed by atoms with E-state index in [4.69, 9.17) is 4.74 Å². The summed E-state index contributed by atoms with van der Waals surface area (Å²) in [5.74, 6) is 0.637. The molecule has 0 saturated heterocycles. The van der Waals surface area contributed by atoms with E-state index in [-0.39, 0.29) is 24.0 Å². The highest BCUT2D eigenvalue weighted by Gasteiger charge is 2.23. The van der Waals surface area contributed by atoms with Crippen LogP contribution in [0, 0.1) is 0 Å². The molecule has 0 aliphatic carbocycles. The largest absolute Gasteiger partial charge is 0.484 e. The lowest BCUT2D eigenvalue weighted by Crippen LogP contribution is -2.30. The number of sulfonamides is 1. The zero-order valence-electron chi connectivity index (χ0n) is 18.5. The van der Waals surface area contributed by atoms with Crippen molar-refractivity contribution in [3.8, 4) is 5.75 Å². The minimum Gasteiger partial charge on any atom is -0.484 e. The molecule has 3 aromatic rings. The van der Waals surface area contributed by atoms with Crippen LogP contribution in [0.5, 0.6) is 5.75 Å². The lowest BCUT2D eigenvalue weighted by molar-refractivity contribution is -0.118. The molecule has 3 rings (SSSR count). The molecule has 3 aromatic carbocycles. The van der Waals surface area contributed by atoms with Crippen molar-refractivity contribution >= 4 is 27.3 Å². The van der Waals surface area contributed by atoms with Crippen LogP contribution in [-0.4, -0.2) is 27.5 Å². The number of amides is 1. The van der Waals surface area contributed by atoms with Gasteiger partial charge in [0.25, 0.3) is 15.9 Å². The third-order valence-electron chi connectivity index (χ3n) is 4.97. The first kappa shape index (κ1) is 23.3. The molecule has 1 N–H and O–H groups in total. The van der Waals surface area contributed by atoms with Gasteiger partial charge in [0.05, 0.1) is 10.6 Å². The van der Waals surface area contributed by atoms with Crippen LogP contribution in [0.15, 0.2) is 83.8 Å². The van der Waals surface area contributed by atoms with Crippen LogP contribution in [0.4, 0.5) is 11.4 Å². The van der Waals surface area contributed by atoms with Crippen LogP contribution < -0.4 is 14.4 Å². The summed E-state index contributed by atoms with van der Waals surface area (Å²) in [6, 6.07) is 22.7. The summed E-state index contributed by atoms with van der Waals surface area (Å²) in [4.78, 5) is 12.4. The number of nitrogens with zero attached hydrogens (tertiary/aromatic N) is 1. The molecule has 0 spiro atoms. The number of hydrogen-bond acceptors (Lipinski definition) is 4. The number of rotatable bonds is 9. The Bertz CT molecular complexity index is 1130. The van der Waals surface area contributed by atoms with Crippen molar-refractivity contribution in [2.75, 3.05) is 22.8 Å². The maximum Gasteiger partial charge on any atom is 0.264 e. The number of nitrogens with one attached hydrogen (secondary N) is 1. The van der Waals surface area contributed by atoms with Crippen molar-refractivity contribution in [1.82, 2.24) is 0 Å². The minimum atomic E-state index is -3.66. The molecule has 6 nitrogen and oxygen atoms in total. The van der Waals surface area contributed by atoms with Gasteiger partial charge in [-0.3, -0.25) is 9.10 Å². The van der Waals surface area contributed by atoms with Gasteiger partial charge in [0.2, 0.25) is 0 Å². The second-order valence-electron chi connectivity index (χ2n) is 7.59. The van der Waals surface area contributed by atoms with Crippen LogP contribution in [0.3, 0.4) is 0 Å². The van der Waals surface area contributed by atoms with E-state index in [1.807, 2.05) is 24.3 Å². The predicted molar refractivity (Wildman–Crippen MR) is 128 cm³/mol. The summed E-state index contributed by atoms with van der Waals surface area (Å²) in [7, 11) is -3.66. The average Bonchev–Trinajstić information content (AvgIpc) is 2.80. The van der Waals surface area contributed by atoms with Crippen LogP contribution >= 0.6 is 0 Å². The molecule has 0 aliphatic rings. The monoisotopic (exact) mass is 452 g/mol. The standard InChI is InChI=1S/C25H28N2O4S/c1-4-27(32(29,30)24-8-6-5-7-9-24)22-14-16-23(17-15-22)31-18-25(28)26-21-12-10-20(11-13-21)19(2)3/h5-17,19H,4,18H2,1-3H3,(H,26,28). The fourth-order valence-electron chi connectivity index (χ4n) is 3.22. The smallest absolute Gasteiger partial charge is 0.264 e. The van der Waals surface area contributed by atoms with E-state index < -0.39 is 10.0 Å². The molecule has 0 aromatic heterocycles. The van der Waals surface area contributed by atoms with Gasteiger partial charge in [-0.2, -0.15) is 0 Å². The lowest BCUT2D eigenvalue weighted by atomic mass is 10.0. The highest BCUT2D eigenvalue weighted by molar-refractivity contribution is 7.92. The molecule has 0 fully saturated rings. The molecule has 168 valence electrons. The Balaban J connectivity index is 1.61. The van der Waals surface area contributed by atoms with Crippen LogP contribution in [0.2, 0.25) is 0 Å². The average molecular weight is 453 g/mol. The number of ether oxygens (including phenoxy) is 1. The van der Waals surface area contributed by atoms with Gasteiger partial charge in [0.1, 0.15) is 5.75 Å². The van der Waals surface area contributed by atoms with Gasteiger partial charge in [-0.25, -0.2) is 8.42 Å². The molecule has 32 heavy (non-hydrogen) atoms. The normalized spacial score (nSPS) is 11.2. The van der Waals surface area contributed by atoms with Crippen molar-refractivity contribution in [3.63, 3.8) is 0 Å². The quantitative estimate of drug-likeness (QED) is 0.493. The van der Waals surface area contributed by atoms with Crippen molar-refractivity contribution in [3.05, 3.63) is 84.4 Å². The molecule has 0 radical (unpaired) electrons. The second-order valence-corrected chi connectivity index (χ2v) is 9.45. The van der Waals surface area contributed by atoms with Gasteiger partial charge in [0.15, 0.2) is 6.61 Å². The van der Waals surface area contributed by atoms with Crippen LogP contribution in [-0.2, 0) is 14.8 Å². The Labute approximate surface area is 189 Å². The number of carbonyl (C=O) groups excluding carboxylic acids is 1. The van der Waals surface area contributed by atoms with Crippen molar-refractivity contribution in [2.24, 2.45) is 0 Å². The van der Waals surface area contributed by atoms with E-state index in [0.717, 1.165) is 0 Å². The molecule has 7 heteroatoms. The number of carbonyl (C=O) groups is 1. The Hall–Kier alpha value is -3.32. The SMILES string of the molecule is CCN(c1ccc(OCC(=O)Nc2ccc(C(C)C)cc2)cc1)S(=O)(=O)c1ccccc1. The summed E-state index contributed by atoms with van der Waals surface area (Å²) in [6.07, 6.45) is 0. The number of hydrogen-bond donors (Lipinski definition) is 1. The zero-order chi connectivity index (χ0) is 23.1. The maximum absolute atomic E-state index is 12.9.